The van der Waals surface area contributed by atoms with E-state index in [1.807, 2.05) is 24.3 Å². The second-order valence-corrected chi connectivity index (χ2v) is 4.39. The molecule has 0 aliphatic rings. The van der Waals surface area contributed by atoms with Crippen LogP contribution in [0.2, 0.25) is 0 Å². The number of carbonyl (C=O) groups is 1. The highest BCUT2D eigenvalue weighted by atomic mass is 16.5. The SMILES string of the molecule is CCCCCOc1ccc(/C=C(\C)C(=O)NO)cc1. The molecule has 0 unspecified atom stereocenters. The fraction of sp³-hybridized carbons (Fsp3) is 0.400. The summed E-state index contributed by atoms with van der Waals surface area (Å²) in [6, 6.07) is 7.51. The van der Waals surface area contributed by atoms with Gasteiger partial charge >= 0.3 is 0 Å². The zero-order valence-corrected chi connectivity index (χ0v) is 11.5. The van der Waals surface area contributed by atoms with Crippen LogP contribution in [-0.4, -0.2) is 17.7 Å². The number of hydrogen-bond donors (Lipinski definition) is 2. The summed E-state index contributed by atoms with van der Waals surface area (Å²) < 4.78 is 5.60. The fourth-order valence-corrected chi connectivity index (χ4v) is 1.61. The average molecular weight is 263 g/mol. The summed E-state index contributed by atoms with van der Waals surface area (Å²) in [6.07, 6.45) is 5.12. The molecule has 0 aliphatic carbocycles. The molecule has 4 nitrogen and oxygen atoms in total. The van der Waals surface area contributed by atoms with E-state index in [1.165, 1.54) is 12.8 Å². The van der Waals surface area contributed by atoms with Gasteiger partial charge in [-0.2, -0.15) is 0 Å². The van der Waals surface area contributed by atoms with Gasteiger partial charge in [0.1, 0.15) is 5.75 Å². The maximum atomic E-state index is 11.1. The Morgan fingerprint density at radius 2 is 2.00 bits per heavy atom. The molecular formula is C15H21NO3. The van der Waals surface area contributed by atoms with E-state index in [2.05, 4.69) is 6.92 Å². The minimum Gasteiger partial charge on any atom is -0.494 e. The molecule has 104 valence electrons. The number of nitrogens with one attached hydrogen (secondary N) is 1. The van der Waals surface area contributed by atoms with Crippen molar-refractivity contribution >= 4 is 12.0 Å². The Balaban J connectivity index is 2.54. The van der Waals surface area contributed by atoms with Crippen LogP contribution in [0.4, 0.5) is 0 Å². The van der Waals surface area contributed by atoms with Crippen LogP contribution in [0, 0.1) is 0 Å². The molecule has 0 saturated carbocycles. The summed E-state index contributed by atoms with van der Waals surface area (Å²) in [5.74, 6) is 0.331. The first-order chi connectivity index (χ1) is 9.17. The predicted molar refractivity (Wildman–Crippen MR) is 75.0 cm³/mol. The van der Waals surface area contributed by atoms with Gasteiger partial charge in [0.05, 0.1) is 6.61 Å². The zero-order valence-electron chi connectivity index (χ0n) is 11.5. The van der Waals surface area contributed by atoms with Gasteiger partial charge in [-0.15, -0.1) is 0 Å². The number of benzene rings is 1. The van der Waals surface area contributed by atoms with Crippen molar-refractivity contribution in [3.05, 3.63) is 35.4 Å². The topological polar surface area (TPSA) is 58.6 Å². The zero-order chi connectivity index (χ0) is 14.1. The molecule has 1 rings (SSSR count). The van der Waals surface area contributed by atoms with Crippen molar-refractivity contribution in [1.29, 1.82) is 0 Å². The lowest BCUT2D eigenvalue weighted by Crippen LogP contribution is -2.19. The summed E-state index contributed by atoms with van der Waals surface area (Å²) in [5.41, 5.74) is 2.94. The lowest BCUT2D eigenvalue weighted by Gasteiger charge is -2.06. The molecule has 1 aromatic carbocycles. The second kappa shape index (κ2) is 8.32. The highest BCUT2D eigenvalue weighted by Gasteiger charge is 2.01. The number of hydrogen-bond acceptors (Lipinski definition) is 3. The number of carbonyl (C=O) groups excluding carboxylic acids is 1. The Labute approximate surface area is 114 Å². The number of unbranched alkanes of at least 4 members (excludes halogenated alkanes) is 2. The van der Waals surface area contributed by atoms with Crippen LogP contribution in [0.1, 0.15) is 38.7 Å². The second-order valence-electron chi connectivity index (χ2n) is 4.39. The van der Waals surface area contributed by atoms with Crippen molar-refractivity contribution in [2.75, 3.05) is 6.61 Å². The quantitative estimate of drug-likeness (QED) is 0.344. The standard InChI is InChI=1S/C15H21NO3/c1-3-4-5-10-19-14-8-6-13(7-9-14)11-12(2)15(17)16-18/h6-9,11,18H,3-5,10H2,1-2H3,(H,16,17)/b12-11+. The Kier molecular flexibility index (Phi) is 6.68. The van der Waals surface area contributed by atoms with Crippen LogP contribution in [0.15, 0.2) is 29.8 Å². The van der Waals surface area contributed by atoms with Gasteiger partial charge < -0.3 is 4.74 Å². The predicted octanol–water partition coefficient (Wildman–Crippen LogP) is 3.16. The van der Waals surface area contributed by atoms with Crippen LogP contribution in [0.25, 0.3) is 6.08 Å². The first-order valence-electron chi connectivity index (χ1n) is 6.53. The van der Waals surface area contributed by atoms with Gasteiger partial charge in [-0.3, -0.25) is 10.0 Å². The number of hydroxylamine groups is 1. The molecule has 0 radical (unpaired) electrons. The van der Waals surface area contributed by atoms with Crippen LogP contribution in [0.3, 0.4) is 0 Å². The summed E-state index contributed by atoms with van der Waals surface area (Å²) in [5, 5.41) is 8.51. The Bertz CT molecular complexity index is 424. The Morgan fingerprint density at radius 3 is 2.58 bits per heavy atom. The van der Waals surface area contributed by atoms with Crippen molar-refractivity contribution in [2.45, 2.75) is 33.1 Å². The van der Waals surface area contributed by atoms with Crippen molar-refractivity contribution < 1.29 is 14.7 Å². The van der Waals surface area contributed by atoms with E-state index < -0.39 is 5.91 Å². The third kappa shape index (κ3) is 5.57. The smallest absolute Gasteiger partial charge is 0.270 e. The molecular weight excluding hydrogens is 242 g/mol. The lowest BCUT2D eigenvalue weighted by molar-refractivity contribution is -0.125. The average Bonchev–Trinajstić information content (AvgIpc) is 2.44. The van der Waals surface area contributed by atoms with E-state index in [4.69, 9.17) is 9.94 Å². The molecule has 0 spiro atoms. The molecule has 0 aliphatic heterocycles. The molecule has 1 aromatic rings. The monoisotopic (exact) mass is 263 g/mol. The molecule has 1 amide bonds. The molecule has 0 fully saturated rings. The van der Waals surface area contributed by atoms with E-state index in [0.717, 1.165) is 24.3 Å². The van der Waals surface area contributed by atoms with Gasteiger partial charge in [-0.25, -0.2) is 5.48 Å². The molecule has 4 heteroatoms. The summed E-state index contributed by atoms with van der Waals surface area (Å²) in [6.45, 7) is 4.53. The minimum absolute atomic E-state index is 0.444. The number of rotatable bonds is 7. The summed E-state index contributed by atoms with van der Waals surface area (Å²) in [7, 11) is 0. The van der Waals surface area contributed by atoms with Gasteiger partial charge in [-0.1, -0.05) is 31.9 Å². The highest BCUT2D eigenvalue weighted by Crippen LogP contribution is 2.15. The van der Waals surface area contributed by atoms with E-state index >= 15 is 0 Å². The van der Waals surface area contributed by atoms with Crippen molar-refractivity contribution in [1.82, 2.24) is 5.48 Å². The fourth-order valence-electron chi connectivity index (χ4n) is 1.61. The molecule has 2 N–H and O–H groups in total. The third-order valence-electron chi connectivity index (χ3n) is 2.74. The Hall–Kier alpha value is -1.81. The van der Waals surface area contributed by atoms with Gasteiger partial charge in [-0.05, 0) is 37.1 Å². The molecule has 0 aromatic heterocycles. The van der Waals surface area contributed by atoms with Crippen LogP contribution in [0.5, 0.6) is 5.75 Å². The number of ether oxygens (including phenoxy) is 1. The number of amides is 1. The maximum absolute atomic E-state index is 11.1. The molecule has 19 heavy (non-hydrogen) atoms. The molecule has 0 atom stereocenters. The largest absolute Gasteiger partial charge is 0.494 e. The van der Waals surface area contributed by atoms with Crippen LogP contribution in [-0.2, 0) is 4.79 Å². The van der Waals surface area contributed by atoms with Crippen LogP contribution >= 0.6 is 0 Å². The van der Waals surface area contributed by atoms with Gasteiger partial charge in [0, 0.05) is 5.57 Å². The van der Waals surface area contributed by atoms with E-state index in [9.17, 15) is 4.79 Å². The summed E-state index contributed by atoms with van der Waals surface area (Å²) in [4.78, 5) is 11.1. The first-order valence-corrected chi connectivity index (χ1v) is 6.53. The lowest BCUT2D eigenvalue weighted by atomic mass is 10.1. The van der Waals surface area contributed by atoms with Crippen LogP contribution < -0.4 is 10.2 Å². The first kappa shape index (κ1) is 15.2. The van der Waals surface area contributed by atoms with E-state index in [-0.39, 0.29) is 0 Å². The van der Waals surface area contributed by atoms with Crippen molar-refractivity contribution in [2.24, 2.45) is 0 Å². The van der Waals surface area contributed by atoms with Crippen molar-refractivity contribution in [3.8, 4) is 5.75 Å². The molecule has 0 bridgehead atoms. The third-order valence-corrected chi connectivity index (χ3v) is 2.74. The van der Waals surface area contributed by atoms with Crippen molar-refractivity contribution in [3.63, 3.8) is 0 Å². The van der Waals surface area contributed by atoms with E-state index in [1.54, 1.807) is 18.5 Å². The highest BCUT2D eigenvalue weighted by molar-refractivity contribution is 5.96. The van der Waals surface area contributed by atoms with Gasteiger partial charge in [0.25, 0.3) is 5.91 Å². The molecule has 0 heterocycles. The van der Waals surface area contributed by atoms with Gasteiger partial charge in [0.15, 0.2) is 0 Å². The Morgan fingerprint density at radius 1 is 1.32 bits per heavy atom. The van der Waals surface area contributed by atoms with Gasteiger partial charge in [0.2, 0.25) is 0 Å². The normalized spacial score (nSPS) is 11.2. The summed E-state index contributed by atoms with van der Waals surface area (Å²) >= 11 is 0. The van der Waals surface area contributed by atoms with E-state index in [0.29, 0.717) is 5.57 Å². The maximum Gasteiger partial charge on any atom is 0.270 e. The molecule has 0 saturated heterocycles. The minimum atomic E-state index is -0.500.